The summed E-state index contributed by atoms with van der Waals surface area (Å²) < 4.78 is 42.0. The highest BCUT2D eigenvalue weighted by Crippen LogP contribution is 2.57. The Morgan fingerprint density at radius 2 is 2.00 bits per heavy atom. The number of alkyl carbamates (subject to hydrolysis) is 1. The molecule has 4 aliphatic carbocycles. The van der Waals surface area contributed by atoms with Gasteiger partial charge in [0.1, 0.15) is 17.6 Å². The summed E-state index contributed by atoms with van der Waals surface area (Å²) >= 11 is 0. The number of rotatable bonds is 9. The molecule has 6 rings (SSSR count). The van der Waals surface area contributed by atoms with Crippen LogP contribution in [0.2, 0.25) is 0 Å². The number of ether oxygens (including phenoxy) is 3. The van der Waals surface area contributed by atoms with Crippen molar-refractivity contribution in [3.05, 3.63) is 23.5 Å². The molecule has 3 N–H and O–H groups in total. The number of hydrogen-bond acceptors (Lipinski definition) is 7. The van der Waals surface area contributed by atoms with Crippen molar-refractivity contribution in [1.29, 1.82) is 0 Å². The fraction of sp³-hybridized carbons (Fsp3) is 0.636. The molecule has 0 saturated heterocycles. The van der Waals surface area contributed by atoms with Gasteiger partial charge in [-0.2, -0.15) is 5.10 Å². The highest BCUT2D eigenvalue weighted by atomic mass is 19.3. The molecule has 2 bridgehead atoms. The van der Waals surface area contributed by atoms with E-state index < -0.39 is 31.1 Å². The van der Waals surface area contributed by atoms with Crippen LogP contribution in [0.5, 0.6) is 5.88 Å². The minimum absolute atomic E-state index is 0.0272. The van der Waals surface area contributed by atoms with E-state index in [1.807, 2.05) is 0 Å². The zero-order valence-electron chi connectivity index (χ0n) is 19.4. The summed E-state index contributed by atoms with van der Waals surface area (Å²) in [6.07, 6.45) is 0.577. The smallest absolute Gasteiger partial charge is 0.407 e. The molecule has 0 radical (unpaired) electrons. The van der Waals surface area contributed by atoms with Crippen molar-refractivity contribution in [1.82, 2.24) is 25.3 Å². The highest BCUT2D eigenvalue weighted by Gasteiger charge is 2.58. The van der Waals surface area contributed by atoms with Gasteiger partial charge in [0, 0.05) is 37.7 Å². The number of H-pyrrole nitrogens is 1. The maximum atomic E-state index is 12.6. The quantitative estimate of drug-likeness (QED) is 0.488. The van der Waals surface area contributed by atoms with Gasteiger partial charge in [0.15, 0.2) is 6.61 Å². The van der Waals surface area contributed by atoms with Gasteiger partial charge in [-0.1, -0.05) is 0 Å². The van der Waals surface area contributed by atoms with Crippen molar-refractivity contribution in [3.63, 3.8) is 0 Å². The molecule has 2 aromatic rings. The topological polar surface area (TPSA) is 132 Å². The molecular weight excluding hydrogens is 466 g/mol. The number of methoxy groups -OCH3 is 1. The van der Waals surface area contributed by atoms with Crippen molar-refractivity contribution in [2.24, 2.45) is 13.0 Å². The Bertz CT molecular complexity index is 1090. The van der Waals surface area contributed by atoms with Gasteiger partial charge in [-0.15, -0.1) is 5.10 Å². The third-order valence-electron chi connectivity index (χ3n) is 7.13. The normalized spacial score (nSPS) is 28.8. The first-order valence-electron chi connectivity index (χ1n) is 11.6. The molecule has 11 nitrogen and oxygen atoms in total. The molecule has 190 valence electrons. The maximum Gasteiger partial charge on any atom is 0.407 e. The Kier molecular flexibility index (Phi) is 6.11. The standard InChI is InChI=1S/C22H28F2N6O5/c1-30-14(6-19(29-30)34-10-17(23)24)20(31)25-18-5-13(27-28-18)12-3-15(33-2)16(4-12)35-21(32)26-22-7-11(8-22)9-22/h5-6,11-12,15-17H,3-4,7-10H2,1-2H3,(H,26,32)(H2,25,27,28,31)/t11?,12-,15+,16-,22?/m0/s1. The monoisotopic (exact) mass is 494 g/mol. The van der Waals surface area contributed by atoms with E-state index in [1.54, 1.807) is 13.2 Å². The second kappa shape index (κ2) is 9.10. The summed E-state index contributed by atoms with van der Waals surface area (Å²) in [7, 11) is 3.10. The summed E-state index contributed by atoms with van der Waals surface area (Å²) in [4.78, 5) is 25.0. The number of aryl methyl sites for hydroxylation is 1. The van der Waals surface area contributed by atoms with Crippen LogP contribution < -0.4 is 15.4 Å². The Balaban J connectivity index is 1.17. The molecule has 2 heterocycles. The number of hydrogen-bond donors (Lipinski definition) is 3. The Morgan fingerprint density at radius 3 is 2.66 bits per heavy atom. The molecule has 0 aliphatic heterocycles. The van der Waals surface area contributed by atoms with Crippen LogP contribution in [0.15, 0.2) is 12.1 Å². The van der Waals surface area contributed by atoms with Gasteiger partial charge in [0.05, 0.1) is 11.8 Å². The van der Waals surface area contributed by atoms with E-state index in [2.05, 4.69) is 25.9 Å². The molecule has 2 aromatic heterocycles. The molecule has 4 fully saturated rings. The zero-order valence-corrected chi connectivity index (χ0v) is 19.4. The minimum Gasteiger partial charge on any atom is -0.471 e. The summed E-state index contributed by atoms with van der Waals surface area (Å²) in [6.45, 7) is -0.806. The van der Waals surface area contributed by atoms with Crippen LogP contribution in [0, 0.1) is 5.92 Å². The molecule has 13 heteroatoms. The van der Waals surface area contributed by atoms with Crippen LogP contribution in [0.3, 0.4) is 0 Å². The minimum atomic E-state index is -2.64. The first kappa shape index (κ1) is 23.5. The van der Waals surface area contributed by atoms with Gasteiger partial charge in [0.25, 0.3) is 12.3 Å². The third kappa shape index (κ3) is 4.81. The average molecular weight is 494 g/mol. The first-order chi connectivity index (χ1) is 16.7. The maximum absolute atomic E-state index is 12.6. The summed E-state index contributed by atoms with van der Waals surface area (Å²) in [6, 6.07) is 3.00. The van der Waals surface area contributed by atoms with Crippen molar-refractivity contribution in [2.45, 2.75) is 62.2 Å². The van der Waals surface area contributed by atoms with E-state index in [9.17, 15) is 18.4 Å². The van der Waals surface area contributed by atoms with Crippen LogP contribution >= 0.6 is 0 Å². The molecular formula is C22H28F2N6O5. The molecule has 0 spiro atoms. The molecule has 35 heavy (non-hydrogen) atoms. The van der Waals surface area contributed by atoms with E-state index in [0.717, 1.165) is 25.2 Å². The SMILES string of the molecule is CO[C@@H]1C[C@H](c2cc(NC(=O)c3cc(OCC(F)F)nn3C)[nH]n2)C[C@@H]1OC(=O)NC12CC(C1)C2. The highest BCUT2D eigenvalue weighted by molar-refractivity contribution is 6.02. The lowest BCUT2D eigenvalue weighted by Crippen LogP contribution is -2.68. The Labute approximate surface area is 199 Å². The number of halogens is 2. The van der Waals surface area contributed by atoms with E-state index in [4.69, 9.17) is 14.2 Å². The lowest BCUT2D eigenvalue weighted by Gasteiger charge is -2.61. The van der Waals surface area contributed by atoms with Crippen LogP contribution in [0.4, 0.5) is 19.4 Å². The lowest BCUT2D eigenvalue weighted by molar-refractivity contribution is -0.0586. The molecule has 0 unspecified atom stereocenters. The van der Waals surface area contributed by atoms with Crippen molar-refractivity contribution < 1.29 is 32.6 Å². The number of amides is 2. The van der Waals surface area contributed by atoms with E-state index in [1.165, 1.54) is 17.8 Å². The van der Waals surface area contributed by atoms with E-state index >= 15 is 0 Å². The summed E-state index contributed by atoms with van der Waals surface area (Å²) in [5.74, 6) is 0.520. The number of nitrogens with zero attached hydrogens (tertiary/aromatic N) is 3. The number of aromatic amines is 1. The molecule has 4 aliphatic rings. The van der Waals surface area contributed by atoms with Crippen molar-refractivity contribution in [3.8, 4) is 5.88 Å². The fourth-order valence-electron chi connectivity index (χ4n) is 5.26. The van der Waals surface area contributed by atoms with Gasteiger partial charge in [0.2, 0.25) is 5.88 Å². The number of anilines is 1. The predicted molar refractivity (Wildman–Crippen MR) is 117 cm³/mol. The number of nitrogens with one attached hydrogen (secondary N) is 3. The second-order valence-electron chi connectivity index (χ2n) is 9.62. The third-order valence-corrected chi connectivity index (χ3v) is 7.13. The van der Waals surface area contributed by atoms with Crippen LogP contribution in [0.25, 0.3) is 0 Å². The second-order valence-corrected chi connectivity index (χ2v) is 9.62. The predicted octanol–water partition coefficient (Wildman–Crippen LogP) is 2.58. The van der Waals surface area contributed by atoms with Gasteiger partial charge in [-0.05, 0) is 38.0 Å². The molecule has 2 amide bonds. The lowest BCUT2D eigenvalue weighted by atomic mass is 9.50. The average Bonchev–Trinajstić information content (AvgIpc) is 3.46. The van der Waals surface area contributed by atoms with Gasteiger partial charge < -0.3 is 24.8 Å². The molecule has 0 aromatic carbocycles. The van der Waals surface area contributed by atoms with E-state index in [0.29, 0.717) is 24.4 Å². The van der Waals surface area contributed by atoms with E-state index in [-0.39, 0.29) is 29.1 Å². The van der Waals surface area contributed by atoms with Crippen LogP contribution in [-0.2, 0) is 16.5 Å². The summed E-state index contributed by atoms with van der Waals surface area (Å²) in [5, 5.41) is 16.7. The largest absolute Gasteiger partial charge is 0.471 e. The number of carbonyl (C=O) groups is 2. The Hall–Kier alpha value is -3.22. The van der Waals surface area contributed by atoms with Gasteiger partial charge >= 0.3 is 6.09 Å². The molecule has 3 atom stereocenters. The molecule has 4 saturated carbocycles. The van der Waals surface area contributed by atoms with Crippen LogP contribution in [0.1, 0.15) is 54.2 Å². The van der Waals surface area contributed by atoms with Crippen molar-refractivity contribution >= 4 is 17.8 Å². The van der Waals surface area contributed by atoms with Crippen LogP contribution in [-0.4, -0.2) is 69.9 Å². The van der Waals surface area contributed by atoms with Crippen molar-refractivity contribution in [2.75, 3.05) is 19.0 Å². The number of alkyl halides is 2. The number of carbonyl (C=O) groups excluding carboxylic acids is 2. The summed E-state index contributed by atoms with van der Waals surface area (Å²) in [5.41, 5.74) is 0.787. The fourth-order valence-corrected chi connectivity index (χ4v) is 5.26. The van der Waals surface area contributed by atoms with Gasteiger partial charge in [-0.25, -0.2) is 13.6 Å². The Morgan fingerprint density at radius 1 is 1.26 bits per heavy atom. The zero-order chi connectivity index (χ0) is 24.7. The number of aromatic nitrogens is 4. The van der Waals surface area contributed by atoms with Gasteiger partial charge in [-0.3, -0.25) is 14.6 Å². The first-order valence-corrected chi connectivity index (χ1v) is 11.6.